The molecule has 0 spiro atoms. The van der Waals surface area contributed by atoms with Crippen molar-refractivity contribution in [2.45, 2.75) is 13.0 Å². The summed E-state index contributed by atoms with van der Waals surface area (Å²) in [6.07, 6.45) is 2.18. The van der Waals surface area contributed by atoms with Gasteiger partial charge in [0.1, 0.15) is 0 Å². The Balaban J connectivity index is 1.90. The van der Waals surface area contributed by atoms with Gasteiger partial charge in [0.25, 0.3) is 5.91 Å². The van der Waals surface area contributed by atoms with E-state index in [4.69, 9.17) is 9.47 Å². The zero-order valence-corrected chi connectivity index (χ0v) is 12.9. The highest BCUT2D eigenvalue weighted by Gasteiger charge is 2.21. The number of pyridine rings is 1. The molecule has 0 saturated carbocycles. The van der Waals surface area contributed by atoms with Gasteiger partial charge in [-0.2, -0.15) is 0 Å². The number of amides is 1. The largest absolute Gasteiger partial charge is 0.493 e. The maximum atomic E-state index is 12.7. The normalized spacial score (nSPS) is 14.2. The third-order valence-corrected chi connectivity index (χ3v) is 3.78. The average Bonchev–Trinajstić information content (AvgIpc) is 2.55. The molecule has 1 aromatic carbocycles. The van der Waals surface area contributed by atoms with E-state index in [1.165, 1.54) is 12.3 Å². The second-order valence-electron chi connectivity index (χ2n) is 5.32. The monoisotopic (exact) mass is 314 g/mol. The van der Waals surface area contributed by atoms with Crippen LogP contribution in [0, 0.1) is 0 Å². The number of ether oxygens (including phenoxy) is 2. The highest BCUT2D eigenvalue weighted by molar-refractivity contribution is 5.93. The first-order chi connectivity index (χ1) is 11.2. The summed E-state index contributed by atoms with van der Waals surface area (Å²) in [5.74, 6) is 1.24. The summed E-state index contributed by atoms with van der Waals surface area (Å²) in [6.45, 7) is 1.54. The van der Waals surface area contributed by atoms with E-state index in [1.54, 1.807) is 18.1 Å². The number of aromatic amines is 1. The molecule has 0 saturated heterocycles. The number of carbonyl (C=O) groups excluding carboxylic acids is 1. The van der Waals surface area contributed by atoms with Crippen LogP contribution in [0.2, 0.25) is 0 Å². The van der Waals surface area contributed by atoms with Gasteiger partial charge >= 0.3 is 0 Å². The molecule has 1 N–H and O–H groups in total. The van der Waals surface area contributed by atoms with Crippen molar-refractivity contribution in [1.82, 2.24) is 9.88 Å². The maximum Gasteiger partial charge on any atom is 0.255 e. The fourth-order valence-corrected chi connectivity index (χ4v) is 2.62. The second kappa shape index (κ2) is 6.56. The van der Waals surface area contributed by atoms with Crippen molar-refractivity contribution in [3.05, 3.63) is 58.0 Å². The number of nitrogens with one attached hydrogen (secondary N) is 1. The van der Waals surface area contributed by atoms with Crippen LogP contribution in [0.4, 0.5) is 0 Å². The van der Waals surface area contributed by atoms with Crippen molar-refractivity contribution in [2.75, 3.05) is 20.3 Å². The molecular weight excluding hydrogens is 296 g/mol. The molecule has 2 heterocycles. The maximum absolute atomic E-state index is 12.7. The Kier molecular flexibility index (Phi) is 4.32. The van der Waals surface area contributed by atoms with E-state index in [0.29, 0.717) is 36.8 Å². The molecule has 0 unspecified atom stereocenters. The lowest BCUT2D eigenvalue weighted by molar-refractivity contribution is 0.0721. The number of rotatable bonds is 2. The summed E-state index contributed by atoms with van der Waals surface area (Å²) in [7, 11) is 1.60. The van der Waals surface area contributed by atoms with Crippen LogP contribution in [0.5, 0.6) is 11.5 Å². The van der Waals surface area contributed by atoms with Crippen LogP contribution in [-0.2, 0) is 6.54 Å². The van der Waals surface area contributed by atoms with Crippen LogP contribution in [-0.4, -0.2) is 36.1 Å². The number of aromatic nitrogens is 1. The molecule has 0 radical (unpaired) electrons. The highest BCUT2D eigenvalue weighted by atomic mass is 16.5. The Morgan fingerprint density at radius 3 is 2.91 bits per heavy atom. The lowest BCUT2D eigenvalue weighted by Crippen LogP contribution is -2.34. The first-order valence-corrected chi connectivity index (χ1v) is 7.46. The van der Waals surface area contributed by atoms with Gasteiger partial charge in [-0.1, -0.05) is 12.1 Å². The van der Waals surface area contributed by atoms with Gasteiger partial charge in [0.15, 0.2) is 11.5 Å². The summed E-state index contributed by atoms with van der Waals surface area (Å²) in [4.78, 5) is 28.1. The molecule has 1 amide bonds. The van der Waals surface area contributed by atoms with Crippen molar-refractivity contribution in [2.24, 2.45) is 0 Å². The van der Waals surface area contributed by atoms with E-state index in [9.17, 15) is 9.59 Å². The number of hydrogen-bond acceptors (Lipinski definition) is 4. The molecule has 6 nitrogen and oxygen atoms in total. The first kappa shape index (κ1) is 15.1. The van der Waals surface area contributed by atoms with E-state index >= 15 is 0 Å². The minimum absolute atomic E-state index is 0.114. The third kappa shape index (κ3) is 3.21. The molecule has 1 aliphatic heterocycles. The van der Waals surface area contributed by atoms with Crippen LogP contribution in [0.25, 0.3) is 0 Å². The fourth-order valence-electron chi connectivity index (χ4n) is 2.62. The van der Waals surface area contributed by atoms with Gasteiger partial charge in [0.2, 0.25) is 5.56 Å². The smallest absolute Gasteiger partial charge is 0.255 e. The molecule has 0 bridgehead atoms. The molecule has 1 aliphatic rings. The van der Waals surface area contributed by atoms with Crippen molar-refractivity contribution >= 4 is 5.91 Å². The number of benzene rings is 1. The van der Waals surface area contributed by atoms with E-state index in [-0.39, 0.29) is 11.5 Å². The van der Waals surface area contributed by atoms with Gasteiger partial charge in [-0.15, -0.1) is 0 Å². The summed E-state index contributed by atoms with van der Waals surface area (Å²) in [6, 6.07) is 8.55. The van der Waals surface area contributed by atoms with Crippen LogP contribution >= 0.6 is 0 Å². The van der Waals surface area contributed by atoms with Crippen molar-refractivity contribution < 1.29 is 14.3 Å². The minimum Gasteiger partial charge on any atom is -0.493 e. The number of fused-ring (bicyclic) bond motifs is 1. The minimum atomic E-state index is -0.224. The van der Waals surface area contributed by atoms with E-state index in [1.807, 2.05) is 18.2 Å². The molecule has 0 aliphatic carbocycles. The van der Waals surface area contributed by atoms with Crippen LogP contribution in [0.1, 0.15) is 22.3 Å². The van der Waals surface area contributed by atoms with E-state index in [2.05, 4.69) is 4.98 Å². The Labute approximate surface area is 133 Å². The standard InChI is InChI=1S/C17H18N2O4/c1-22-14-5-2-4-13-11-19(8-3-9-23-16(13)14)17(21)12-6-7-15(20)18-10-12/h2,4-7,10H,3,8-9,11H2,1H3,(H,18,20). The highest BCUT2D eigenvalue weighted by Crippen LogP contribution is 2.33. The molecule has 6 heteroatoms. The second-order valence-corrected chi connectivity index (χ2v) is 5.32. The lowest BCUT2D eigenvalue weighted by Gasteiger charge is -2.27. The van der Waals surface area contributed by atoms with Gasteiger partial charge in [0, 0.05) is 30.9 Å². The van der Waals surface area contributed by atoms with Crippen molar-refractivity contribution in [1.29, 1.82) is 0 Å². The zero-order chi connectivity index (χ0) is 16.2. The number of methoxy groups -OCH3 is 1. The van der Waals surface area contributed by atoms with Crippen molar-refractivity contribution in [3.63, 3.8) is 0 Å². The predicted molar refractivity (Wildman–Crippen MR) is 84.9 cm³/mol. The summed E-state index contributed by atoms with van der Waals surface area (Å²) in [5, 5.41) is 0. The fraction of sp³-hybridized carbons (Fsp3) is 0.294. The van der Waals surface area contributed by atoms with Gasteiger partial charge in [-0.05, 0) is 18.6 Å². The van der Waals surface area contributed by atoms with Crippen LogP contribution < -0.4 is 15.0 Å². The van der Waals surface area contributed by atoms with Crippen LogP contribution in [0.15, 0.2) is 41.3 Å². The lowest BCUT2D eigenvalue weighted by atomic mass is 10.1. The summed E-state index contributed by atoms with van der Waals surface area (Å²) < 4.78 is 11.1. The summed E-state index contributed by atoms with van der Waals surface area (Å²) >= 11 is 0. The van der Waals surface area contributed by atoms with Gasteiger partial charge in [0.05, 0.1) is 19.3 Å². The number of para-hydroxylation sites is 1. The third-order valence-electron chi connectivity index (χ3n) is 3.78. The Morgan fingerprint density at radius 1 is 1.30 bits per heavy atom. The number of H-pyrrole nitrogens is 1. The van der Waals surface area contributed by atoms with Gasteiger partial charge in [-0.3, -0.25) is 9.59 Å². The number of nitrogens with zero attached hydrogens (tertiary/aromatic N) is 1. The van der Waals surface area contributed by atoms with Crippen molar-refractivity contribution in [3.8, 4) is 11.5 Å². The molecule has 0 fully saturated rings. The Hall–Kier alpha value is -2.76. The topological polar surface area (TPSA) is 71.6 Å². The Bertz CT molecular complexity index is 749. The molecule has 2 aromatic rings. The Morgan fingerprint density at radius 2 is 2.17 bits per heavy atom. The molecular formula is C17H18N2O4. The van der Waals surface area contributed by atoms with E-state index in [0.717, 1.165) is 12.0 Å². The van der Waals surface area contributed by atoms with E-state index < -0.39 is 0 Å². The first-order valence-electron chi connectivity index (χ1n) is 7.46. The quantitative estimate of drug-likeness (QED) is 0.917. The number of hydrogen-bond donors (Lipinski definition) is 1. The van der Waals surface area contributed by atoms with Crippen LogP contribution in [0.3, 0.4) is 0 Å². The predicted octanol–water partition coefficient (Wildman–Crippen LogP) is 1.81. The van der Waals surface area contributed by atoms with Gasteiger partial charge in [-0.25, -0.2) is 0 Å². The molecule has 23 heavy (non-hydrogen) atoms. The molecule has 1 aromatic heterocycles. The molecule has 120 valence electrons. The molecule has 0 atom stereocenters. The van der Waals surface area contributed by atoms with Gasteiger partial charge < -0.3 is 19.4 Å². The zero-order valence-electron chi connectivity index (χ0n) is 12.9. The average molecular weight is 314 g/mol. The molecule has 3 rings (SSSR count). The summed E-state index contributed by atoms with van der Waals surface area (Å²) in [5.41, 5.74) is 1.15. The SMILES string of the molecule is COc1cccc2c1OCCCN(C(=O)c1ccc(=O)[nH]c1)C2. The number of carbonyl (C=O) groups is 1.